The first-order valence-corrected chi connectivity index (χ1v) is 10.4. The lowest BCUT2D eigenvalue weighted by molar-refractivity contribution is -0.132. The predicted molar refractivity (Wildman–Crippen MR) is 115 cm³/mol. The second-order valence-electron chi connectivity index (χ2n) is 7.58. The van der Waals surface area contributed by atoms with Crippen molar-refractivity contribution in [1.29, 1.82) is 0 Å². The van der Waals surface area contributed by atoms with Gasteiger partial charge in [0.1, 0.15) is 0 Å². The van der Waals surface area contributed by atoms with E-state index in [4.69, 9.17) is 14.2 Å². The molecular formula is C24H31NO5. The molecule has 1 fully saturated rings. The van der Waals surface area contributed by atoms with Crippen LogP contribution in [0.15, 0.2) is 42.5 Å². The second kappa shape index (κ2) is 10.3. The molecule has 0 bridgehead atoms. The average Bonchev–Trinajstić information content (AvgIpc) is 3.25. The number of ether oxygens (including phenoxy) is 3. The molecule has 1 saturated heterocycles. The minimum Gasteiger partial charge on any atom is -0.493 e. The molecule has 3 rings (SSSR count). The monoisotopic (exact) mass is 413 g/mol. The summed E-state index contributed by atoms with van der Waals surface area (Å²) in [5.74, 6) is 1.84. The van der Waals surface area contributed by atoms with E-state index >= 15 is 0 Å². The van der Waals surface area contributed by atoms with Gasteiger partial charge in [0.2, 0.25) is 11.7 Å². The van der Waals surface area contributed by atoms with Gasteiger partial charge in [-0.05, 0) is 48.9 Å². The standard InChI is InChI=1S/C24H31NO5/c1-28-21-14-17(15-22(29-2)24(21)30-3)11-12-23(27)25-13-7-10-19(25)16-20(26)18-8-5-4-6-9-18/h4-6,8-9,14-15,19-20,26H,7,10-13,16H2,1-3H3/t19-,20-/m1/s1. The van der Waals surface area contributed by atoms with Gasteiger partial charge in [0.25, 0.3) is 0 Å². The van der Waals surface area contributed by atoms with Crippen molar-refractivity contribution in [2.45, 2.75) is 44.2 Å². The summed E-state index contributed by atoms with van der Waals surface area (Å²) in [4.78, 5) is 14.9. The quantitative estimate of drug-likeness (QED) is 0.678. The highest BCUT2D eigenvalue weighted by Gasteiger charge is 2.30. The number of likely N-dealkylation sites (tertiary alicyclic amines) is 1. The lowest BCUT2D eigenvalue weighted by Gasteiger charge is -2.27. The first-order chi connectivity index (χ1) is 14.6. The molecule has 6 heteroatoms. The van der Waals surface area contributed by atoms with Gasteiger partial charge in [-0.2, -0.15) is 0 Å². The fourth-order valence-corrected chi connectivity index (χ4v) is 4.15. The molecule has 0 saturated carbocycles. The number of amides is 1. The van der Waals surface area contributed by atoms with E-state index in [1.807, 2.05) is 47.4 Å². The van der Waals surface area contributed by atoms with Gasteiger partial charge in [-0.25, -0.2) is 0 Å². The zero-order valence-electron chi connectivity index (χ0n) is 18.0. The maximum atomic E-state index is 12.9. The van der Waals surface area contributed by atoms with Crippen LogP contribution in [0.3, 0.4) is 0 Å². The van der Waals surface area contributed by atoms with Crippen LogP contribution >= 0.6 is 0 Å². The number of aryl methyl sites for hydroxylation is 1. The molecule has 0 aliphatic carbocycles. The Morgan fingerprint density at radius 3 is 2.37 bits per heavy atom. The van der Waals surface area contributed by atoms with E-state index in [9.17, 15) is 9.90 Å². The third-order valence-corrected chi connectivity index (χ3v) is 5.73. The summed E-state index contributed by atoms with van der Waals surface area (Å²) in [5.41, 5.74) is 1.85. The Morgan fingerprint density at radius 2 is 1.77 bits per heavy atom. The van der Waals surface area contributed by atoms with Crippen molar-refractivity contribution >= 4 is 5.91 Å². The van der Waals surface area contributed by atoms with Crippen LogP contribution in [0.4, 0.5) is 0 Å². The summed E-state index contributed by atoms with van der Waals surface area (Å²) in [6.45, 7) is 0.750. The van der Waals surface area contributed by atoms with Crippen molar-refractivity contribution in [2.75, 3.05) is 27.9 Å². The van der Waals surface area contributed by atoms with Gasteiger partial charge in [-0.15, -0.1) is 0 Å². The van der Waals surface area contributed by atoms with E-state index in [-0.39, 0.29) is 11.9 Å². The summed E-state index contributed by atoms with van der Waals surface area (Å²) in [7, 11) is 4.74. The van der Waals surface area contributed by atoms with E-state index in [1.165, 1.54) is 0 Å². The van der Waals surface area contributed by atoms with Crippen LogP contribution in [-0.4, -0.2) is 49.8 Å². The van der Waals surface area contributed by atoms with Crippen molar-refractivity contribution in [2.24, 2.45) is 0 Å². The zero-order chi connectivity index (χ0) is 21.5. The maximum Gasteiger partial charge on any atom is 0.223 e. The van der Waals surface area contributed by atoms with Crippen LogP contribution in [0, 0.1) is 0 Å². The van der Waals surface area contributed by atoms with Gasteiger partial charge in [-0.1, -0.05) is 30.3 Å². The van der Waals surface area contributed by atoms with Crippen molar-refractivity contribution in [1.82, 2.24) is 4.90 Å². The largest absolute Gasteiger partial charge is 0.493 e. The Bertz CT molecular complexity index is 814. The number of nitrogens with zero attached hydrogens (tertiary/aromatic N) is 1. The van der Waals surface area contributed by atoms with Crippen LogP contribution < -0.4 is 14.2 Å². The van der Waals surface area contributed by atoms with E-state index in [1.54, 1.807) is 21.3 Å². The number of methoxy groups -OCH3 is 3. The van der Waals surface area contributed by atoms with E-state index in [0.717, 1.165) is 30.5 Å². The topological polar surface area (TPSA) is 68.2 Å². The molecular weight excluding hydrogens is 382 g/mol. The SMILES string of the molecule is COc1cc(CCC(=O)N2CCC[C@@H]2C[C@@H](O)c2ccccc2)cc(OC)c1OC. The molecule has 0 radical (unpaired) electrons. The van der Waals surface area contributed by atoms with E-state index < -0.39 is 6.10 Å². The number of aliphatic hydroxyl groups excluding tert-OH is 1. The molecule has 30 heavy (non-hydrogen) atoms. The van der Waals surface area contributed by atoms with Crippen LogP contribution in [0.5, 0.6) is 17.2 Å². The highest BCUT2D eigenvalue weighted by atomic mass is 16.5. The third kappa shape index (κ3) is 5.05. The molecule has 1 N–H and O–H groups in total. The van der Waals surface area contributed by atoms with Gasteiger partial charge in [-0.3, -0.25) is 4.79 Å². The second-order valence-corrected chi connectivity index (χ2v) is 7.58. The smallest absolute Gasteiger partial charge is 0.223 e. The zero-order valence-corrected chi connectivity index (χ0v) is 18.0. The average molecular weight is 414 g/mol. The predicted octanol–water partition coefficient (Wildman–Crippen LogP) is 3.76. The molecule has 2 atom stereocenters. The molecule has 1 heterocycles. The molecule has 0 aromatic heterocycles. The Morgan fingerprint density at radius 1 is 1.10 bits per heavy atom. The van der Waals surface area contributed by atoms with Crippen LogP contribution in [-0.2, 0) is 11.2 Å². The lowest BCUT2D eigenvalue weighted by atomic mass is 10.00. The van der Waals surface area contributed by atoms with Gasteiger partial charge in [0, 0.05) is 19.0 Å². The van der Waals surface area contributed by atoms with Crippen LogP contribution in [0.25, 0.3) is 0 Å². The molecule has 6 nitrogen and oxygen atoms in total. The highest BCUT2D eigenvalue weighted by Crippen LogP contribution is 2.38. The van der Waals surface area contributed by atoms with Gasteiger partial charge in [0.15, 0.2) is 11.5 Å². The molecule has 1 amide bonds. The lowest BCUT2D eigenvalue weighted by Crippen LogP contribution is -2.36. The fourth-order valence-electron chi connectivity index (χ4n) is 4.15. The van der Waals surface area contributed by atoms with Gasteiger partial charge in [0.05, 0.1) is 27.4 Å². The molecule has 1 aliphatic rings. The number of carbonyl (C=O) groups is 1. The summed E-state index contributed by atoms with van der Waals surface area (Å²) in [6.07, 6.45) is 2.90. The number of rotatable bonds is 9. The Hall–Kier alpha value is -2.73. The Labute approximate surface area is 178 Å². The van der Waals surface area contributed by atoms with Crippen molar-refractivity contribution in [3.63, 3.8) is 0 Å². The molecule has 2 aromatic carbocycles. The van der Waals surface area contributed by atoms with Crippen molar-refractivity contribution in [3.05, 3.63) is 53.6 Å². The fraction of sp³-hybridized carbons (Fsp3) is 0.458. The highest BCUT2D eigenvalue weighted by molar-refractivity contribution is 5.77. The minimum absolute atomic E-state index is 0.0765. The maximum absolute atomic E-state index is 12.9. The summed E-state index contributed by atoms with van der Waals surface area (Å²) >= 11 is 0. The normalized spacial score (nSPS) is 16.9. The summed E-state index contributed by atoms with van der Waals surface area (Å²) < 4.78 is 16.2. The van der Waals surface area contributed by atoms with Crippen molar-refractivity contribution < 1.29 is 24.1 Å². The Kier molecular flexibility index (Phi) is 7.57. The number of hydrogen-bond acceptors (Lipinski definition) is 5. The van der Waals surface area contributed by atoms with Gasteiger partial charge < -0.3 is 24.2 Å². The Balaban J connectivity index is 1.62. The summed E-state index contributed by atoms with van der Waals surface area (Å²) in [5, 5.41) is 10.6. The number of hydrogen-bond donors (Lipinski definition) is 1. The molecule has 162 valence electrons. The van der Waals surface area contributed by atoms with E-state index in [0.29, 0.717) is 36.5 Å². The van der Waals surface area contributed by atoms with Crippen LogP contribution in [0.2, 0.25) is 0 Å². The van der Waals surface area contributed by atoms with Crippen molar-refractivity contribution in [3.8, 4) is 17.2 Å². The number of carbonyl (C=O) groups excluding carboxylic acids is 1. The molecule has 1 aliphatic heterocycles. The molecule has 0 spiro atoms. The number of aliphatic hydroxyl groups is 1. The third-order valence-electron chi connectivity index (χ3n) is 5.73. The van der Waals surface area contributed by atoms with Crippen LogP contribution in [0.1, 0.15) is 42.9 Å². The van der Waals surface area contributed by atoms with Gasteiger partial charge >= 0.3 is 0 Å². The summed E-state index contributed by atoms with van der Waals surface area (Å²) in [6, 6.07) is 13.5. The van der Waals surface area contributed by atoms with E-state index in [2.05, 4.69) is 0 Å². The minimum atomic E-state index is -0.556. The first kappa shape index (κ1) is 22.0. The number of benzene rings is 2. The molecule has 2 aromatic rings. The molecule has 0 unspecified atom stereocenters. The first-order valence-electron chi connectivity index (χ1n) is 10.4.